The van der Waals surface area contributed by atoms with Crippen molar-refractivity contribution in [1.29, 1.82) is 5.26 Å². The molecule has 0 saturated heterocycles. The van der Waals surface area contributed by atoms with Gasteiger partial charge in [0, 0.05) is 7.05 Å². The van der Waals surface area contributed by atoms with Crippen LogP contribution in [0.25, 0.3) is 0 Å². The number of nitriles is 1. The minimum Gasteiger partial charge on any atom is -0.493 e. The van der Waals surface area contributed by atoms with Crippen LogP contribution in [0.15, 0.2) is 30.5 Å². The van der Waals surface area contributed by atoms with Gasteiger partial charge in [-0.25, -0.2) is 0 Å². The highest BCUT2D eigenvalue weighted by molar-refractivity contribution is 5.91. The molecule has 0 saturated carbocycles. The molecule has 2 aromatic rings. The van der Waals surface area contributed by atoms with E-state index in [1.807, 2.05) is 30.3 Å². The average molecular weight is 298 g/mol. The summed E-state index contributed by atoms with van der Waals surface area (Å²) in [6, 6.07) is 9.78. The lowest BCUT2D eigenvalue weighted by molar-refractivity contribution is -0.116. The second-order valence-corrected chi connectivity index (χ2v) is 4.79. The number of aromatic nitrogens is 2. The maximum absolute atomic E-state index is 11.9. The van der Waals surface area contributed by atoms with Crippen LogP contribution in [-0.4, -0.2) is 22.3 Å². The summed E-state index contributed by atoms with van der Waals surface area (Å²) in [4.78, 5) is 11.9. The summed E-state index contributed by atoms with van der Waals surface area (Å²) in [7, 11) is 1.67. The summed E-state index contributed by atoms with van der Waals surface area (Å²) in [5.74, 6) is 0.924. The van der Waals surface area contributed by atoms with E-state index in [-0.39, 0.29) is 18.9 Å². The number of carbonyl (C=O) groups excluding carboxylic acids is 1. The molecule has 1 N–H and O–H groups in total. The molecule has 0 radical (unpaired) electrons. The number of benzene rings is 1. The Morgan fingerprint density at radius 2 is 2.14 bits per heavy atom. The maximum Gasteiger partial charge on any atom is 0.228 e. The first kappa shape index (κ1) is 15.6. The summed E-state index contributed by atoms with van der Waals surface area (Å²) < 4.78 is 6.99. The first-order valence-electron chi connectivity index (χ1n) is 7.07. The van der Waals surface area contributed by atoms with Gasteiger partial charge in [0.2, 0.25) is 5.91 Å². The molecule has 22 heavy (non-hydrogen) atoms. The summed E-state index contributed by atoms with van der Waals surface area (Å²) >= 11 is 0. The van der Waals surface area contributed by atoms with Crippen molar-refractivity contribution in [3.8, 4) is 11.8 Å². The number of aryl methyl sites for hydroxylation is 2. The van der Waals surface area contributed by atoms with Gasteiger partial charge >= 0.3 is 0 Å². The zero-order chi connectivity index (χ0) is 15.9. The van der Waals surface area contributed by atoms with E-state index in [9.17, 15) is 4.79 Å². The van der Waals surface area contributed by atoms with Crippen LogP contribution in [0.1, 0.15) is 24.5 Å². The van der Waals surface area contributed by atoms with E-state index in [1.54, 1.807) is 7.05 Å². The summed E-state index contributed by atoms with van der Waals surface area (Å²) in [6.45, 7) is 2.37. The summed E-state index contributed by atoms with van der Waals surface area (Å²) in [5, 5.41) is 15.5. The molecule has 0 aliphatic carbocycles. The third-order valence-electron chi connectivity index (χ3n) is 3.25. The fourth-order valence-electron chi connectivity index (χ4n) is 1.95. The number of rotatable bonds is 6. The van der Waals surface area contributed by atoms with E-state index < -0.39 is 0 Å². The Balaban J connectivity index is 1.82. The van der Waals surface area contributed by atoms with Crippen molar-refractivity contribution in [3.05, 3.63) is 41.6 Å². The van der Waals surface area contributed by atoms with Crippen LogP contribution in [0.4, 0.5) is 5.82 Å². The zero-order valence-electron chi connectivity index (χ0n) is 12.7. The van der Waals surface area contributed by atoms with E-state index in [0.29, 0.717) is 11.4 Å². The molecule has 1 heterocycles. The van der Waals surface area contributed by atoms with Gasteiger partial charge < -0.3 is 10.1 Å². The Kier molecular flexibility index (Phi) is 5.15. The van der Waals surface area contributed by atoms with Gasteiger partial charge in [-0.15, -0.1) is 0 Å². The van der Waals surface area contributed by atoms with E-state index in [2.05, 4.69) is 17.3 Å². The Morgan fingerprint density at radius 1 is 1.41 bits per heavy atom. The molecule has 0 atom stereocenters. The van der Waals surface area contributed by atoms with Crippen molar-refractivity contribution in [2.75, 3.05) is 11.9 Å². The Bertz CT molecular complexity index is 683. The lowest BCUT2D eigenvalue weighted by Gasteiger charge is -2.08. The van der Waals surface area contributed by atoms with Crippen LogP contribution in [0, 0.1) is 11.3 Å². The quantitative estimate of drug-likeness (QED) is 0.887. The van der Waals surface area contributed by atoms with Gasteiger partial charge in [0.15, 0.2) is 0 Å². The van der Waals surface area contributed by atoms with Crippen LogP contribution < -0.4 is 10.1 Å². The van der Waals surface area contributed by atoms with Crippen LogP contribution in [0.5, 0.6) is 5.75 Å². The van der Waals surface area contributed by atoms with E-state index in [4.69, 9.17) is 10.00 Å². The predicted octanol–water partition coefficient (Wildman–Crippen LogP) is 2.26. The zero-order valence-corrected chi connectivity index (χ0v) is 12.7. The molecule has 0 aliphatic heterocycles. The van der Waals surface area contributed by atoms with Crippen molar-refractivity contribution < 1.29 is 9.53 Å². The molecule has 114 valence electrons. The Labute approximate surface area is 129 Å². The van der Waals surface area contributed by atoms with Crippen molar-refractivity contribution in [2.24, 2.45) is 7.05 Å². The highest BCUT2D eigenvalue weighted by atomic mass is 16.5. The molecule has 2 rings (SSSR count). The minimum atomic E-state index is -0.217. The van der Waals surface area contributed by atoms with E-state index in [0.717, 1.165) is 12.2 Å². The highest BCUT2D eigenvalue weighted by Crippen LogP contribution is 2.14. The molecule has 0 spiro atoms. The topological polar surface area (TPSA) is 79.9 Å². The fourth-order valence-corrected chi connectivity index (χ4v) is 1.95. The largest absolute Gasteiger partial charge is 0.493 e. The number of anilines is 1. The van der Waals surface area contributed by atoms with Gasteiger partial charge in [0.05, 0.1) is 19.2 Å². The number of amides is 1. The highest BCUT2D eigenvalue weighted by Gasteiger charge is 2.11. The van der Waals surface area contributed by atoms with Crippen molar-refractivity contribution in [2.45, 2.75) is 19.8 Å². The molecule has 0 unspecified atom stereocenters. The lowest BCUT2D eigenvalue weighted by Crippen LogP contribution is -2.17. The Hall–Kier alpha value is -2.81. The number of hydrogen-bond acceptors (Lipinski definition) is 4. The van der Waals surface area contributed by atoms with Gasteiger partial charge in [-0.2, -0.15) is 10.4 Å². The normalized spacial score (nSPS) is 10.0. The van der Waals surface area contributed by atoms with Crippen LogP contribution in [0.3, 0.4) is 0 Å². The van der Waals surface area contributed by atoms with Crippen LogP contribution >= 0.6 is 0 Å². The Morgan fingerprint density at radius 3 is 2.77 bits per heavy atom. The molecule has 0 bridgehead atoms. The third-order valence-corrected chi connectivity index (χ3v) is 3.25. The molecule has 1 aromatic carbocycles. The second-order valence-electron chi connectivity index (χ2n) is 4.79. The van der Waals surface area contributed by atoms with Gasteiger partial charge in [-0.05, 0) is 24.1 Å². The number of carbonyl (C=O) groups is 1. The van der Waals surface area contributed by atoms with E-state index in [1.165, 1.54) is 16.4 Å². The van der Waals surface area contributed by atoms with Crippen LogP contribution in [-0.2, 0) is 18.3 Å². The predicted molar refractivity (Wildman–Crippen MR) is 82.5 cm³/mol. The van der Waals surface area contributed by atoms with Gasteiger partial charge in [-0.1, -0.05) is 19.1 Å². The van der Waals surface area contributed by atoms with Gasteiger partial charge in [-0.3, -0.25) is 9.48 Å². The fraction of sp³-hybridized carbons (Fsp3) is 0.312. The molecule has 6 heteroatoms. The average Bonchev–Trinajstić information content (AvgIpc) is 2.88. The maximum atomic E-state index is 11.9. The smallest absolute Gasteiger partial charge is 0.228 e. The molecule has 0 fully saturated rings. The molecule has 0 aliphatic rings. The first-order chi connectivity index (χ1) is 10.6. The summed E-state index contributed by atoms with van der Waals surface area (Å²) in [5.41, 5.74) is 1.58. The lowest BCUT2D eigenvalue weighted by atomic mass is 10.2. The number of nitrogens with one attached hydrogen (secondary N) is 1. The van der Waals surface area contributed by atoms with Gasteiger partial charge in [0.25, 0.3) is 0 Å². The second kappa shape index (κ2) is 7.27. The number of ether oxygens (including phenoxy) is 1. The third kappa shape index (κ3) is 3.85. The number of nitrogens with zero attached hydrogens (tertiary/aromatic N) is 3. The molecule has 1 aromatic heterocycles. The van der Waals surface area contributed by atoms with E-state index >= 15 is 0 Å². The summed E-state index contributed by atoms with van der Waals surface area (Å²) in [6.07, 6.45) is 2.60. The van der Waals surface area contributed by atoms with Crippen molar-refractivity contribution in [1.82, 2.24) is 9.78 Å². The van der Waals surface area contributed by atoms with Crippen LogP contribution in [0.2, 0.25) is 0 Å². The SMILES string of the molecule is CCc1ccc(OCCC(=O)Nc2c(C#N)cnn2C)cc1. The molecular formula is C16H18N4O2. The van der Waals surface area contributed by atoms with Gasteiger partial charge in [0.1, 0.15) is 23.2 Å². The molecule has 6 nitrogen and oxygen atoms in total. The molecule has 1 amide bonds. The first-order valence-corrected chi connectivity index (χ1v) is 7.07. The number of hydrogen-bond donors (Lipinski definition) is 1. The molecular weight excluding hydrogens is 280 g/mol. The monoisotopic (exact) mass is 298 g/mol. The van der Waals surface area contributed by atoms with Crippen molar-refractivity contribution in [3.63, 3.8) is 0 Å². The minimum absolute atomic E-state index is 0.200. The standard InChI is InChI=1S/C16H18N4O2/c1-3-12-4-6-14(7-5-12)22-9-8-15(21)19-16-13(10-17)11-18-20(16)2/h4-7,11H,3,8-9H2,1-2H3,(H,19,21). The van der Waals surface area contributed by atoms with Crippen molar-refractivity contribution >= 4 is 11.7 Å².